The van der Waals surface area contributed by atoms with Gasteiger partial charge in [0.1, 0.15) is 5.75 Å². The van der Waals surface area contributed by atoms with Crippen LogP contribution in [0.1, 0.15) is 12.0 Å². The number of nitrogens with one attached hydrogen (secondary N) is 1. The van der Waals surface area contributed by atoms with E-state index in [2.05, 4.69) is 10.5 Å². The molecule has 1 aromatic carbocycles. The molecule has 3 rings (SSSR count). The summed E-state index contributed by atoms with van der Waals surface area (Å²) in [5, 5.41) is 13.3. The van der Waals surface area contributed by atoms with Crippen molar-refractivity contribution in [1.29, 1.82) is 0 Å². The first kappa shape index (κ1) is 13.4. The van der Waals surface area contributed by atoms with Crippen molar-refractivity contribution in [1.82, 2.24) is 5.43 Å². The minimum absolute atomic E-state index is 0.304. The average Bonchev–Trinajstić information content (AvgIpc) is 2.88. The quantitative estimate of drug-likeness (QED) is 0.876. The summed E-state index contributed by atoms with van der Waals surface area (Å²) in [6.07, 6.45) is 2.10. The number of hydrazone groups is 1. The third-order valence-electron chi connectivity index (χ3n) is 3.84. The Morgan fingerprint density at radius 1 is 1.38 bits per heavy atom. The highest BCUT2D eigenvalue weighted by atomic mass is 16.5. The minimum Gasteiger partial charge on any atom is -0.497 e. The van der Waals surface area contributed by atoms with E-state index in [1.807, 2.05) is 24.3 Å². The van der Waals surface area contributed by atoms with E-state index in [1.54, 1.807) is 13.2 Å². The largest absolute Gasteiger partial charge is 0.497 e. The van der Waals surface area contributed by atoms with Gasteiger partial charge in [-0.1, -0.05) is 12.1 Å². The number of nitrogens with zero attached hydrogens (tertiary/aromatic N) is 1. The monoisotopic (exact) mass is 286 g/mol. The average molecular weight is 286 g/mol. The Balaban J connectivity index is 1.97. The lowest BCUT2D eigenvalue weighted by molar-refractivity contribution is -0.145. The summed E-state index contributed by atoms with van der Waals surface area (Å²) in [5.41, 5.74) is 4.61. The van der Waals surface area contributed by atoms with Gasteiger partial charge in [0.2, 0.25) is 5.91 Å². The second kappa shape index (κ2) is 5.05. The third-order valence-corrected chi connectivity index (χ3v) is 3.84. The van der Waals surface area contributed by atoms with Crippen LogP contribution in [0.15, 0.2) is 35.4 Å². The lowest BCUT2D eigenvalue weighted by atomic mass is 9.77. The first-order valence-corrected chi connectivity index (χ1v) is 6.55. The van der Waals surface area contributed by atoms with Crippen molar-refractivity contribution < 1.29 is 19.4 Å². The highest BCUT2D eigenvalue weighted by molar-refractivity contribution is 6.18. The molecule has 2 atom stereocenters. The molecule has 0 fully saturated rings. The molecule has 0 saturated carbocycles. The molecule has 6 heteroatoms. The molecule has 6 nitrogen and oxygen atoms in total. The van der Waals surface area contributed by atoms with Crippen molar-refractivity contribution in [2.45, 2.75) is 6.42 Å². The van der Waals surface area contributed by atoms with Gasteiger partial charge in [-0.15, -0.1) is 0 Å². The van der Waals surface area contributed by atoms with Crippen LogP contribution in [0.4, 0.5) is 0 Å². The summed E-state index contributed by atoms with van der Waals surface area (Å²) in [7, 11) is 1.59. The van der Waals surface area contributed by atoms with Crippen LogP contribution in [0.3, 0.4) is 0 Å². The van der Waals surface area contributed by atoms with Crippen LogP contribution in [0, 0.1) is 11.8 Å². The maximum absolute atomic E-state index is 11.7. The second-order valence-electron chi connectivity index (χ2n) is 5.04. The predicted octanol–water partition coefficient (Wildman–Crippen LogP) is 1.29. The standard InChI is InChI=1S/C15H14N2O4/c1-21-10-4-2-8(3-5-10)9-6-11(15(19)20)13-12(7-9)16-17-14(13)18/h2-5,7,11,13H,6H2,1H3,(H,17,18)(H,19,20). The number of methoxy groups -OCH3 is 1. The molecule has 21 heavy (non-hydrogen) atoms. The number of carbonyl (C=O) groups excluding carboxylic acids is 1. The zero-order valence-corrected chi connectivity index (χ0v) is 11.4. The fraction of sp³-hybridized carbons (Fsp3) is 0.267. The van der Waals surface area contributed by atoms with Crippen LogP contribution in [0.2, 0.25) is 0 Å². The van der Waals surface area contributed by atoms with Crippen molar-refractivity contribution >= 4 is 23.2 Å². The highest BCUT2D eigenvalue weighted by Gasteiger charge is 2.43. The zero-order chi connectivity index (χ0) is 15.0. The van der Waals surface area contributed by atoms with Gasteiger partial charge in [-0.25, -0.2) is 5.43 Å². The van der Waals surface area contributed by atoms with Gasteiger partial charge in [0.05, 0.1) is 24.7 Å². The maximum Gasteiger partial charge on any atom is 0.308 e. The first-order valence-electron chi connectivity index (χ1n) is 6.55. The molecular weight excluding hydrogens is 272 g/mol. The third kappa shape index (κ3) is 2.29. The Morgan fingerprint density at radius 2 is 2.10 bits per heavy atom. The SMILES string of the molecule is COc1ccc(C2=CC3=NNC(=O)C3C(C(=O)O)C2)cc1. The molecule has 0 bridgehead atoms. The molecule has 1 aromatic rings. The van der Waals surface area contributed by atoms with E-state index >= 15 is 0 Å². The summed E-state index contributed by atoms with van der Waals surface area (Å²) in [4.78, 5) is 23.2. The molecule has 0 radical (unpaired) electrons. The second-order valence-corrected chi connectivity index (χ2v) is 5.04. The number of carbonyl (C=O) groups is 2. The molecular formula is C15H14N2O4. The Kier molecular flexibility index (Phi) is 3.21. The van der Waals surface area contributed by atoms with Crippen LogP contribution in [-0.4, -0.2) is 29.8 Å². The molecule has 108 valence electrons. The lowest BCUT2D eigenvalue weighted by Gasteiger charge is -2.24. The van der Waals surface area contributed by atoms with Crippen LogP contribution in [-0.2, 0) is 9.59 Å². The molecule has 0 spiro atoms. The topological polar surface area (TPSA) is 88.0 Å². The lowest BCUT2D eigenvalue weighted by Crippen LogP contribution is -2.37. The summed E-state index contributed by atoms with van der Waals surface area (Å²) < 4.78 is 5.11. The Morgan fingerprint density at radius 3 is 2.71 bits per heavy atom. The number of amides is 1. The van der Waals surface area contributed by atoms with Gasteiger partial charge in [-0.3, -0.25) is 9.59 Å². The summed E-state index contributed by atoms with van der Waals surface area (Å²) in [6, 6.07) is 7.37. The number of carboxylic acid groups (broad SMARTS) is 1. The molecule has 2 N–H and O–H groups in total. The maximum atomic E-state index is 11.7. The number of hydrogen-bond donors (Lipinski definition) is 2. The van der Waals surface area contributed by atoms with E-state index in [1.165, 1.54) is 0 Å². The molecule has 0 aromatic heterocycles. The van der Waals surface area contributed by atoms with Gasteiger partial charge in [-0.2, -0.15) is 5.10 Å². The van der Waals surface area contributed by atoms with Crippen molar-refractivity contribution in [3.05, 3.63) is 35.9 Å². The van der Waals surface area contributed by atoms with Crippen LogP contribution >= 0.6 is 0 Å². The predicted molar refractivity (Wildman–Crippen MR) is 75.8 cm³/mol. The molecule has 2 aliphatic rings. The van der Waals surface area contributed by atoms with Gasteiger partial charge in [-0.05, 0) is 35.8 Å². The Hall–Kier alpha value is -2.63. The van der Waals surface area contributed by atoms with Gasteiger partial charge in [0, 0.05) is 0 Å². The van der Waals surface area contributed by atoms with Crippen LogP contribution < -0.4 is 10.2 Å². The van der Waals surface area contributed by atoms with Gasteiger partial charge >= 0.3 is 5.97 Å². The van der Waals surface area contributed by atoms with E-state index in [4.69, 9.17) is 4.74 Å². The minimum atomic E-state index is -0.983. The number of fused-ring (bicyclic) bond motifs is 1. The number of rotatable bonds is 3. The fourth-order valence-corrected chi connectivity index (χ4v) is 2.73. The van der Waals surface area contributed by atoms with Crippen molar-refractivity contribution in [2.24, 2.45) is 16.9 Å². The van der Waals surface area contributed by atoms with E-state index in [-0.39, 0.29) is 5.91 Å². The van der Waals surface area contributed by atoms with E-state index in [0.717, 1.165) is 16.9 Å². The molecule has 0 saturated heterocycles. The normalized spacial score (nSPS) is 23.8. The van der Waals surface area contributed by atoms with Crippen molar-refractivity contribution in [3.63, 3.8) is 0 Å². The Bertz CT molecular complexity index is 661. The van der Waals surface area contributed by atoms with E-state index in [0.29, 0.717) is 12.1 Å². The number of carboxylic acids is 1. The molecule has 1 aliphatic carbocycles. The van der Waals surface area contributed by atoms with Gasteiger partial charge in [0.25, 0.3) is 0 Å². The van der Waals surface area contributed by atoms with Crippen LogP contribution in [0.25, 0.3) is 5.57 Å². The number of allylic oxidation sites excluding steroid dienone is 2. The molecule has 1 aliphatic heterocycles. The molecule has 1 amide bonds. The first-order chi connectivity index (χ1) is 10.1. The smallest absolute Gasteiger partial charge is 0.308 e. The van der Waals surface area contributed by atoms with Crippen molar-refractivity contribution in [3.8, 4) is 5.75 Å². The summed E-state index contributed by atoms with van der Waals surface area (Å²) in [6.45, 7) is 0. The van der Waals surface area contributed by atoms with E-state index < -0.39 is 17.8 Å². The number of hydrogen-bond acceptors (Lipinski definition) is 4. The number of ether oxygens (including phenoxy) is 1. The fourth-order valence-electron chi connectivity index (χ4n) is 2.73. The summed E-state index contributed by atoms with van der Waals surface area (Å²) in [5.74, 6) is -2.07. The van der Waals surface area contributed by atoms with Crippen LogP contribution in [0.5, 0.6) is 5.75 Å². The Labute approximate surface area is 121 Å². The van der Waals surface area contributed by atoms with Gasteiger partial charge < -0.3 is 9.84 Å². The number of benzene rings is 1. The number of aliphatic carboxylic acids is 1. The van der Waals surface area contributed by atoms with Crippen molar-refractivity contribution in [2.75, 3.05) is 7.11 Å². The highest BCUT2D eigenvalue weighted by Crippen LogP contribution is 2.36. The van der Waals surface area contributed by atoms with E-state index in [9.17, 15) is 14.7 Å². The molecule has 2 unspecified atom stereocenters. The van der Waals surface area contributed by atoms with Gasteiger partial charge in [0.15, 0.2) is 0 Å². The zero-order valence-electron chi connectivity index (χ0n) is 11.4. The summed E-state index contributed by atoms with van der Waals surface area (Å²) >= 11 is 0. The molecule has 1 heterocycles.